The molecular formula is C11H18N2O2. The molecule has 84 valence electrons. The summed E-state index contributed by atoms with van der Waals surface area (Å²) in [5.41, 5.74) is 1.08. The molecule has 1 heterocycles. The fourth-order valence-electron chi connectivity index (χ4n) is 1.44. The average molecular weight is 210 g/mol. The van der Waals surface area contributed by atoms with Crippen LogP contribution in [0.1, 0.15) is 13.3 Å². The molecule has 0 saturated heterocycles. The molecule has 0 aliphatic heterocycles. The van der Waals surface area contributed by atoms with Crippen LogP contribution < -0.4 is 9.64 Å². The standard InChI is InChI=1S/C11H18N2O2/c1-3-13(7-4-8-14)10-5-6-12-11(9-10)15-2/h5-6,9,14H,3-4,7-8H2,1-2H3. The molecule has 0 aromatic carbocycles. The first-order valence-corrected chi connectivity index (χ1v) is 5.17. The number of hydrogen-bond acceptors (Lipinski definition) is 4. The maximum atomic E-state index is 8.79. The van der Waals surface area contributed by atoms with E-state index in [4.69, 9.17) is 9.84 Å². The summed E-state index contributed by atoms with van der Waals surface area (Å²) in [4.78, 5) is 6.24. The average Bonchev–Trinajstić information content (AvgIpc) is 2.30. The Labute approximate surface area is 90.5 Å². The van der Waals surface area contributed by atoms with E-state index in [0.717, 1.165) is 25.2 Å². The molecule has 0 amide bonds. The maximum absolute atomic E-state index is 8.79. The van der Waals surface area contributed by atoms with Crippen LogP contribution in [-0.2, 0) is 0 Å². The molecule has 0 bridgehead atoms. The molecule has 0 aliphatic rings. The van der Waals surface area contributed by atoms with Crippen molar-refractivity contribution in [2.45, 2.75) is 13.3 Å². The number of anilines is 1. The molecule has 1 aromatic heterocycles. The number of methoxy groups -OCH3 is 1. The van der Waals surface area contributed by atoms with Gasteiger partial charge < -0.3 is 14.7 Å². The van der Waals surface area contributed by atoms with Gasteiger partial charge in [0.25, 0.3) is 0 Å². The van der Waals surface area contributed by atoms with Gasteiger partial charge in [-0.05, 0) is 19.4 Å². The van der Waals surface area contributed by atoms with Crippen molar-refractivity contribution in [1.29, 1.82) is 0 Å². The molecule has 4 nitrogen and oxygen atoms in total. The number of rotatable bonds is 6. The molecule has 1 N–H and O–H groups in total. The van der Waals surface area contributed by atoms with Crippen molar-refractivity contribution in [3.63, 3.8) is 0 Å². The van der Waals surface area contributed by atoms with Crippen molar-refractivity contribution < 1.29 is 9.84 Å². The second kappa shape index (κ2) is 6.24. The van der Waals surface area contributed by atoms with E-state index >= 15 is 0 Å². The van der Waals surface area contributed by atoms with Crippen LogP contribution in [-0.4, -0.2) is 36.9 Å². The van der Waals surface area contributed by atoms with E-state index in [2.05, 4.69) is 16.8 Å². The van der Waals surface area contributed by atoms with Crippen LogP contribution >= 0.6 is 0 Å². The van der Waals surface area contributed by atoms with Gasteiger partial charge in [0, 0.05) is 37.6 Å². The van der Waals surface area contributed by atoms with Gasteiger partial charge in [-0.1, -0.05) is 0 Å². The first-order valence-electron chi connectivity index (χ1n) is 5.17. The van der Waals surface area contributed by atoms with Crippen LogP contribution in [0.5, 0.6) is 5.88 Å². The smallest absolute Gasteiger partial charge is 0.214 e. The molecule has 0 radical (unpaired) electrons. The third-order valence-corrected chi connectivity index (χ3v) is 2.26. The highest BCUT2D eigenvalue weighted by atomic mass is 16.5. The second-order valence-electron chi connectivity index (χ2n) is 3.21. The van der Waals surface area contributed by atoms with Gasteiger partial charge in [-0.15, -0.1) is 0 Å². The van der Waals surface area contributed by atoms with Crippen molar-refractivity contribution in [2.75, 3.05) is 31.7 Å². The molecule has 0 atom stereocenters. The molecule has 0 fully saturated rings. The summed E-state index contributed by atoms with van der Waals surface area (Å²) in [6.45, 7) is 4.07. The lowest BCUT2D eigenvalue weighted by atomic mass is 10.3. The fourth-order valence-corrected chi connectivity index (χ4v) is 1.44. The monoisotopic (exact) mass is 210 g/mol. The summed E-state index contributed by atoms with van der Waals surface area (Å²) in [5, 5.41) is 8.79. The molecule has 0 saturated carbocycles. The number of pyridine rings is 1. The Bertz CT molecular complexity index is 292. The number of aliphatic hydroxyl groups excluding tert-OH is 1. The van der Waals surface area contributed by atoms with E-state index in [9.17, 15) is 0 Å². The van der Waals surface area contributed by atoms with Crippen LogP contribution in [0.4, 0.5) is 5.69 Å². The van der Waals surface area contributed by atoms with Crippen molar-refractivity contribution in [3.05, 3.63) is 18.3 Å². The third-order valence-electron chi connectivity index (χ3n) is 2.26. The van der Waals surface area contributed by atoms with Crippen LogP contribution in [0.2, 0.25) is 0 Å². The van der Waals surface area contributed by atoms with Crippen LogP contribution in [0.3, 0.4) is 0 Å². The molecular weight excluding hydrogens is 192 g/mol. The van der Waals surface area contributed by atoms with Crippen LogP contribution in [0, 0.1) is 0 Å². The van der Waals surface area contributed by atoms with E-state index in [1.54, 1.807) is 13.3 Å². The van der Waals surface area contributed by atoms with E-state index < -0.39 is 0 Å². The van der Waals surface area contributed by atoms with Gasteiger partial charge in [-0.2, -0.15) is 0 Å². The quantitative estimate of drug-likeness (QED) is 0.768. The number of ether oxygens (including phenoxy) is 1. The van der Waals surface area contributed by atoms with Gasteiger partial charge in [0.2, 0.25) is 5.88 Å². The summed E-state index contributed by atoms with van der Waals surface area (Å²) >= 11 is 0. The molecule has 0 aliphatic carbocycles. The predicted molar refractivity (Wildman–Crippen MR) is 60.4 cm³/mol. The number of nitrogens with zero attached hydrogens (tertiary/aromatic N) is 2. The molecule has 4 heteroatoms. The zero-order valence-electron chi connectivity index (χ0n) is 9.31. The summed E-state index contributed by atoms with van der Waals surface area (Å²) in [6, 6.07) is 3.85. The van der Waals surface area contributed by atoms with Gasteiger partial charge in [-0.3, -0.25) is 0 Å². The summed E-state index contributed by atoms with van der Waals surface area (Å²) in [5.74, 6) is 0.620. The van der Waals surface area contributed by atoms with E-state index in [-0.39, 0.29) is 6.61 Å². The number of hydrogen-bond donors (Lipinski definition) is 1. The molecule has 1 aromatic rings. The molecule has 1 rings (SSSR count). The van der Waals surface area contributed by atoms with Crippen LogP contribution in [0.15, 0.2) is 18.3 Å². The van der Waals surface area contributed by atoms with Gasteiger partial charge >= 0.3 is 0 Å². The minimum atomic E-state index is 0.221. The highest BCUT2D eigenvalue weighted by Crippen LogP contribution is 2.18. The van der Waals surface area contributed by atoms with E-state index in [0.29, 0.717) is 5.88 Å². The number of aliphatic hydroxyl groups is 1. The predicted octanol–water partition coefficient (Wildman–Crippen LogP) is 1.30. The maximum Gasteiger partial charge on any atom is 0.214 e. The zero-order chi connectivity index (χ0) is 11.1. The SMILES string of the molecule is CCN(CCCO)c1ccnc(OC)c1. The Morgan fingerprint density at radius 2 is 2.33 bits per heavy atom. The van der Waals surface area contributed by atoms with Gasteiger partial charge in [-0.25, -0.2) is 4.98 Å². The summed E-state index contributed by atoms with van der Waals surface area (Å²) in [7, 11) is 1.61. The lowest BCUT2D eigenvalue weighted by Crippen LogP contribution is -2.24. The molecule has 0 spiro atoms. The normalized spacial score (nSPS) is 10.1. The Hall–Kier alpha value is -1.29. The molecule has 0 unspecified atom stereocenters. The lowest BCUT2D eigenvalue weighted by molar-refractivity contribution is 0.289. The lowest BCUT2D eigenvalue weighted by Gasteiger charge is -2.22. The van der Waals surface area contributed by atoms with E-state index in [1.807, 2.05) is 12.1 Å². The Morgan fingerprint density at radius 3 is 2.93 bits per heavy atom. The van der Waals surface area contributed by atoms with Crippen molar-refractivity contribution >= 4 is 5.69 Å². The topological polar surface area (TPSA) is 45.6 Å². The van der Waals surface area contributed by atoms with Gasteiger partial charge in [0.05, 0.1) is 7.11 Å². The molecule has 15 heavy (non-hydrogen) atoms. The van der Waals surface area contributed by atoms with Crippen molar-refractivity contribution in [1.82, 2.24) is 4.98 Å². The summed E-state index contributed by atoms with van der Waals surface area (Å²) in [6.07, 6.45) is 2.51. The second-order valence-corrected chi connectivity index (χ2v) is 3.21. The van der Waals surface area contributed by atoms with Gasteiger partial charge in [0.15, 0.2) is 0 Å². The fraction of sp³-hybridized carbons (Fsp3) is 0.545. The first-order chi connectivity index (χ1) is 7.31. The zero-order valence-corrected chi connectivity index (χ0v) is 9.31. The van der Waals surface area contributed by atoms with E-state index in [1.165, 1.54) is 0 Å². The summed E-state index contributed by atoms with van der Waals surface area (Å²) < 4.78 is 5.07. The van der Waals surface area contributed by atoms with Crippen molar-refractivity contribution in [2.24, 2.45) is 0 Å². The highest BCUT2D eigenvalue weighted by molar-refractivity contribution is 5.47. The Kier molecular flexibility index (Phi) is 4.90. The number of aromatic nitrogens is 1. The Morgan fingerprint density at radius 1 is 1.53 bits per heavy atom. The van der Waals surface area contributed by atoms with Crippen molar-refractivity contribution in [3.8, 4) is 5.88 Å². The Balaban J connectivity index is 2.72. The van der Waals surface area contributed by atoms with Gasteiger partial charge in [0.1, 0.15) is 0 Å². The third kappa shape index (κ3) is 3.40. The minimum Gasteiger partial charge on any atom is -0.481 e. The first kappa shape index (κ1) is 11.8. The van der Waals surface area contributed by atoms with Crippen LogP contribution in [0.25, 0.3) is 0 Å². The largest absolute Gasteiger partial charge is 0.481 e. The highest BCUT2D eigenvalue weighted by Gasteiger charge is 2.04. The minimum absolute atomic E-state index is 0.221.